The van der Waals surface area contributed by atoms with Gasteiger partial charge in [0.15, 0.2) is 0 Å². The molecule has 0 spiro atoms. The first-order valence-corrected chi connectivity index (χ1v) is 10.0. The quantitative estimate of drug-likeness (QED) is 0.652. The summed E-state index contributed by atoms with van der Waals surface area (Å²) >= 11 is 1.46. The van der Waals surface area contributed by atoms with Crippen molar-refractivity contribution in [1.29, 1.82) is 0 Å². The molecule has 0 saturated heterocycles. The van der Waals surface area contributed by atoms with Crippen LogP contribution in [0.25, 0.3) is 0 Å². The van der Waals surface area contributed by atoms with Gasteiger partial charge in [0.1, 0.15) is 12.4 Å². The molecule has 1 aliphatic carbocycles. The van der Waals surface area contributed by atoms with Gasteiger partial charge in [-0.15, -0.1) is 11.3 Å². The van der Waals surface area contributed by atoms with Gasteiger partial charge in [-0.25, -0.2) is 0 Å². The Morgan fingerprint density at radius 2 is 2.11 bits per heavy atom. The van der Waals surface area contributed by atoms with Crippen molar-refractivity contribution < 1.29 is 9.53 Å². The molecular formula is C21H23N3O2S. The number of nitrogens with zero attached hydrogens (tertiary/aromatic N) is 3. The van der Waals surface area contributed by atoms with Gasteiger partial charge in [-0.3, -0.25) is 9.48 Å². The van der Waals surface area contributed by atoms with Crippen LogP contribution in [0.3, 0.4) is 0 Å². The summed E-state index contributed by atoms with van der Waals surface area (Å²) in [5, 5.41) is 6.14. The molecule has 6 heteroatoms. The maximum absolute atomic E-state index is 12.7. The zero-order chi connectivity index (χ0) is 18.8. The number of aromatic nitrogens is 2. The van der Waals surface area contributed by atoms with Crippen LogP contribution in [-0.2, 0) is 33.0 Å². The van der Waals surface area contributed by atoms with E-state index in [1.165, 1.54) is 35.3 Å². The molecule has 2 aromatic heterocycles. The molecule has 140 valence electrons. The summed E-state index contributed by atoms with van der Waals surface area (Å²) in [6.07, 6.45) is 5.30. The highest BCUT2D eigenvalue weighted by atomic mass is 32.1. The van der Waals surface area contributed by atoms with Gasteiger partial charge >= 0.3 is 0 Å². The summed E-state index contributed by atoms with van der Waals surface area (Å²) in [4.78, 5) is 15.1. The first kappa shape index (κ1) is 17.8. The molecule has 0 unspecified atom stereocenters. The van der Waals surface area contributed by atoms with Crippen LogP contribution in [0.5, 0.6) is 5.75 Å². The Morgan fingerprint density at radius 3 is 2.93 bits per heavy atom. The molecule has 0 atom stereocenters. The molecule has 1 amide bonds. The standard InChI is InChI=1S/C21H23N3O2S/c1-23(12-18-8-9-22-24(18)2)21(25)20-10-15(14-27-20)13-26-19-7-6-16-4-3-5-17(16)11-19/h6-11,14H,3-5,12-13H2,1-2H3. The number of fused-ring (bicyclic) bond motifs is 1. The van der Waals surface area contributed by atoms with Crippen molar-refractivity contribution in [3.63, 3.8) is 0 Å². The lowest BCUT2D eigenvalue weighted by Crippen LogP contribution is -2.26. The highest BCUT2D eigenvalue weighted by Gasteiger charge is 2.16. The fourth-order valence-electron chi connectivity index (χ4n) is 3.43. The Morgan fingerprint density at radius 1 is 1.26 bits per heavy atom. The highest BCUT2D eigenvalue weighted by Crippen LogP contribution is 2.27. The zero-order valence-corrected chi connectivity index (χ0v) is 16.5. The third-order valence-corrected chi connectivity index (χ3v) is 5.98. The van der Waals surface area contributed by atoms with E-state index in [-0.39, 0.29) is 5.91 Å². The lowest BCUT2D eigenvalue weighted by atomic mass is 10.1. The minimum atomic E-state index is 0.0185. The predicted molar refractivity (Wildman–Crippen MR) is 106 cm³/mol. The average molecular weight is 382 g/mol. The van der Waals surface area contributed by atoms with E-state index in [0.29, 0.717) is 13.2 Å². The van der Waals surface area contributed by atoms with Crippen LogP contribution in [0.2, 0.25) is 0 Å². The van der Waals surface area contributed by atoms with Gasteiger partial charge < -0.3 is 9.64 Å². The van der Waals surface area contributed by atoms with Gasteiger partial charge in [-0.1, -0.05) is 6.07 Å². The molecule has 0 saturated carbocycles. The second-order valence-corrected chi connectivity index (χ2v) is 7.91. The van der Waals surface area contributed by atoms with Gasteiger partial charge in [0, 0.05) is 25.9 Å². The largest absolute Gasteiger partial charge is 0.489 e. The van der Waals surface area contributed by atoms with Crippen molar-refractivity contribution in [1.82, 2.24) is 14.7 Å². The van der Waals surface area contributed by atoms with Crippen LogP contribution in [0.4, 0.5) is 0 Å². The van der Waals surface area contributed by atoms with Crippen molar-refractivity contribution in [2.24, 2.45) is 7.05 Å². The molecule has 0 fully saturated rings. The Kier molecular flexibility index (Phi) is 4.99. The van der Waals surface area contributed by atoms with Crippen molar-refractivity contribution >= 4 is 17.2 Å². The zero-order valence-electron chi connectivity index (χ0n) is 15.6. The molecule has 0 N–H and O–H groups in total. The minimum Gasteiger partial charge on any atom is -0.489 e. The van der Waals surface area contributed by atoms with E-state index in [2.05, 4.69) is 17.2 Å². The topological polar surface area (TPSA) is 47.4 Å². The van der Waals surface area contributed by atoms with Crippen molar-refractivity contribution in [2.45, 2.75) is 32.4 Å². The van der Waals surface area contributed by atoms with Crippen LogP contribution in [0.15, 0.2) is 41.9 Å². The summed E-state index contributed by atoms with van der Waals surface area (Å²) < 4.78 is 7.73. The molecule has 0 radical (unpaired) electrons. The smallest absolute Gasteiger partial charge is 0.264 e. The second-order valence-electron chi connectivity index (χ2n) is 7.00. The molecule has 27 heavy (non-hydrogen) atoms. The van der Waals surface area contributed by atoms with Crippen molar-refractivity contribution in [3.8, 4) is 5.75 Å². The molecule has 0 bridgehead atoms. The Hall–Kier alpha value is -2.60. The fourth-order valence-corrected chi connectivity index (χ4v) is 4.32. The molecule has 1 aliphatic rings. The summed E-state index contributed by atoms with van der Waals surface area (Å²) in [5.74, 6) is 0.924. The van der Waals surface area contributed by atoms with E-state index < -0.39 is 0 Å². The number of carbonyl (C=O) groups is 1. The van der Waals surface area contributed by atoms with Crippen LogP contribution in [0.1, 0.15) is 38.5 Å². The molecule has 2 heterocycles. The van der Waals surface area contributed by atoms with E-state index in [0.717, 1.165) is 28.3 Å². The number of aryl methyl sites for hydroxylation is 3. The molecular weight excluding hydrogens is 358 g/mol. The number of amides is 1. The lowest BCUT2D eigenvalue weighted by molar-refractivity contribution is 0.0786. The second kappa shape index (κ2) is 7.56. The molecule has 4 rings (SSSR count). The first-order valence-electron chi connectivity index (χ1n) is 9.14. The highest BCUT2D eigenvalue weighted by molar-refractivity contribution is 7.12. The third kappa shape index (κ3) is 3.90. The van der Waals surface area contributed by atoms with Crippen LogP contribution in [0, 0.1) is 0 Å². The van der Waals surface area contributed by atoms with E-state index >= 15 is 0 Å². The normalized spacial score (nSPS) is 12.8. The molecule has 3 aromatic rings. The lowest BCUT2D eigenvalue weighted by Gasteiger charge is -2.16. The first-order chi connectivity index (χ1) is 13.1. The summed E-state index contributed by atoms with van der Waals surface area (Å²) in [6, 6.07) is 10.2. The van der Waals surface area contributed by atoms with Crippen molar-refractivity contribution in [3.05, 3.63) is 69.2 Å². The van der Waals surface area contributed by atoms with E-state index in [1.807, 2.05) is 37.7 Å². The number of rotatable bonds is 6. The van der Waals surface area contributed by atoms with Gasteiger partial charge in [0.2, 0.25) is 0 Å². The summed E-state index contributed by atoms with van der Waals surface area (Å²) in [6.45, 7) is 1.02. The van der Waals surface area contributed by atoms with Crippen molar-refractivity contribution in [2.75, 3.05) is 7.05 Å². The van der Waals surface area contributed by atoms with E-state index in [1.54, 1.807) is 15.8 Å². The van der Waals surface area contributed by atoms with Crippen LogP contribution in [-0.4, -0.2) is 27.6 Å². The number of hydrogen-bond donors (Lipinski definition) is 0. The van der Waals surface area contributed by atoms with Gasteiger partial charge in [-0.2, -0.15) is 5.10 Å². The monoisotopic (exact) mass is 381 g/mol. The SMILES string of the molecule is CN(Cc1ccnn1C)C(=O)c1cc(COc2ccc3c(c2)CCC3)cs1. The maximum atomic E-state index is 12.7. The summed E-state index contributed by atoms with van der Waals surface area (Å²) in [5.41, 5.74) is 4.88. The molecule has 1 aromatic carbocycles. The predicted octanol–water partition coefficient (Wildman–Crippen LogP) is 3.82. The van der Waals surface area contributed by atoms with Crippen LogP contribution >= 0.6 is 11.3 Å². The van der Waals surface area contributed by atoms with Gasteiger partial charge in [0.05, 0.1) is 17.1 Å². The van der Waals surface area contributed by atoms with E-state index in [9.17, 15) is 4.79 Å². The van der Waals surface area contributed by atoms with Gasteiger partial charge in [0.25, 0.3) is 5.91 Å². The Balaban J connectivity index is 1.36. The number of ether oxygens (including phenoxy) is 1. The third-order valence-electron chi connectivity index (χ3n) is 5.01. The van der Waals surface area contributed by atoms with E-state index in [4.69, 9.17) is 4.74 Å². The molecule has 0 aliphatic heterocycles. The Labute approximate surface area is 163 Å². The minimum absolute atomic E-state index is 0.0185. The number of carbonyl (C=O) groups excluding carboxylic acids is 1. The fraction of sp³-hybridized carbons (Fsp3) is 0.333. The number of hydrogen-bond acceptors (Lipinski definition) is 4. The average Bonchev–Trinajstić information content (AvgIpc) is 3.40. The Bertz CT molecular complexity index is 960. The maximum Gasteiger partial charge on any atom is 0.264 e. The summed E-state index contributed by atoms with van der Waals surface area (Å²) in [7, 11) is 3.70. The van der Waals surface area contributed by atoms with Crippen LogP contribution < -0.4 is 4.74 Å². The molecule has 5 nitrogen and oxygen atoms in total. The number of benzene rings is 1. The number of thiophene rings is 1. The van der Waals surface area contributed by atoms with Gasteiger partial charge in [-0.05, 0) is 60.0 Å².